The summed E-state index contributed by atoms with van der Waals surface area (Å²) in [7, 11) is 0. The normalized spacial score (nSPS) is 13.3. The van der Waals surface area contributed by atoms with Gasteiger partial charge in [0.05, 0.1) is 5.41 Å². The molecule has 0 atom stereocenters. The molecule has 0 amide bonds. The Balaban J connectivity index is 2.57. The Bertz CT molecular complexity index is 547. The number of oxazole rings is 1. The van der Waals surface area contributed by atoms with Gasteiger partial charge in [0.15, 0.2) is 5.58 Å². The molecule has 1 aromatic heterocycles. The summed E-state index contributed by atoms with van der Waals surface area (Å²) in [5, 5.41) is 0. The fourth-order valence-electron chi connectivity index (χ4n) is 1.57. The highest BCUT2D eigenvalue weighted by molar-refractivity contribution is 5.73. The predicted molar refractivity (Wildman–Crippen MR) is 70.0 cm³/mol. The maximum absolute atomic E-state index is 6.20. The van der Waals surface area contributed by atoms with E-state index in [0.29, 0.717) is 5.89 Å². The number of nitrogens with zero attached hydrogens (tertiary/aromatic N) is 1. The predicted octanol–water partition coefficient (Wildman–Crippen LogP) is 3.15. The molecule has 0 saturated carbocycles. The van der Waals surface area contributed by atoms with Gasteiger partial charge in [0.25, 0.3) is 0 Å². The molecule has 92 valence electrons. The number of benzene rings is 1. The molecule has 0 bridgehead atoms. The van der Waals surface area contributed by atoms with Crippen LogP contribution in [0.1, 0.15) is 39.1 Å². The molecule has 3 nitrogen and oxygen atoms in total. The molecule has 2 N–H and O–H groups in total. The fraction of sp³-hybridized carbons (Fsp3) is 0.500. The lowest BCUT2D eigenvalue weighted by Gasteiger charge is -2.35. The zero-order valence-corrected chi connectivity index (χ0v) is 11.2. The molecule has 0 aliphatic rings. The minimum Gasteiger partial charge on any atom is -0.440 e. The number of rotatable bonds is 2. The van der Waals surface area contributed by atoms with E-state index < -0.39 is 0 Å². The van der Waals surface area contributed by atoms with Crippen molar-refractivity contribution in [3.8, 4) is 0 Å². The van der Waals surface area contributed by atoms with Crippen LogP contribution in [0.3, 0.4) is 0 Å². The highest BCUT2D eigenvalue weighted by atomic mass is 16.3. The van der Waals surface area contributed by atoms with Crippen LogP contribution in [0.25, 0.3) is 11.1 Å². The summed E-state index contributed by atoms with van der Waals surface area (Å²) in [6, 6.07) is 6.03. The summed E-state index contributed by atoms with van der Waals surface area (Å²) >= 11 is 0. The van der Waals surface area contributed by atoms with E-state index in [1.54, 1.807) is 0 Å². The molecule has 0 aliphatic heterocycles. The second-order valence-electron chi connectivity index (χ2n) is 5.84. The van der Waals surface area contributed by atoms with Crippen molar-refractivity contribution in [1.82, 2.24) is 4.98 Å². The maximum Gasteiger partial charge on any atom is 0.202 e. The molecule has 1 heterocycles. The summed E-state index contributed by atoms with van der Waals surface area (Å²) < 4.78 is 5.85. The topological polar surface area (TPSA) is 52.0 Å². The zero-order valence-electron chi connectivity index (χ0n) is 11.2. The number of fused-ring (bicyclic) bond motifs is 1. The minimum atomic E-state index is -0.386. The van der Waals surface area contributed by atoms with Crippen molar-refractivity contribution in [1.29, 1.82) is 0 Å². The van der Waals surface area contributed by atoms with Gasteiger partial charge in [-0.1, -0.05) is 6.07 Å². The third-order valence-corrected chi connectivity index (χ3v) is 3.69. The third kappa shape index (κ3) is 1.95. The van der Waals surface area contributed by atoms with Gasteiger partial charge in [-0.05, 0) is 52.3 Å². The molecule has 2 rings (SSSR count). The van der Waals surface area contributed by atoms with Gasteiger partial charge in [0, 0.05) is 5.54 Å². The van der Waals surface area contributed by atoms with E-state index in [1.807, 2.05) is 39.0 Å². The number of nitrogens with two attached hydrogens (primary N) is 1. The van der Waals surface area contributed by atoms with Crippen LogP contribution in [-0.4, -0.2) is 10.5 Å². The monoisotopic (exact) mass is 232 g/mol. The molecule has 0 aliphatic carbocycles. The summed E-state index contributed by atoms with van der Waals surface area (Å²) in [4.78, 5) is 4.55. The van der Waals surface area contributed by atoms with Crippen molar-refractivity contribution >= 4 is 11.1 Å². The molecular formula is C14H20N2O. The molecule has 2 aromatic rings. The average Bonchev–Trinajstić information content (AvgIpc) is 2.58. The molecule has 0 unspecified atom stereocenters. The fourth-order valence-corrected chi connectivity index (χ4v) is 1.57. The molecule has 0 radical (unpaired) electrons. The first-order chi connectivity index (χ1) is 7.72. The Morgan fingerprint density at radius 3 is 2.41 bits per heavy atom. The number of hydrogen-bond donors (Lipinski definition) is 1. The first-order valence-corrected chi connectivity index (χ1v) is 5.88. The number of hydrogen-bond acceptors (Lipinski definition) is 3. The van der Waals surface area contributed by atoms with Crippen LogP contribution >= 0.6 is 0 Å². The summed E-state index contributed by atoms with van der Waals surface area (Å²) in [6.07, 6.45) is 0. The van der Waals surface area contributed by atoms with Gasteiger partial charge >= 0.3 is 0 Å². The van der Waals surface area contributed by atoms with E-state index in [1.165, 1.54) is 5.56 Å². The van der Waals surface area contributed by atoms with Crippen LogP contribution in [0.2, 0.25) is 0 Å². The molecule has 1 aromatic carbocycles. The van der Waals surface area contributed by atoms with E-state index in [9.17, 15) is 0 Å². The smallest absolute Gasteiger partial charge is 0.202 e. The molecule has 17 heavy (non-hydrogen) atoms. The van der Waals surface area contributed by atoms with E-state index in [2.05, 4.69) is 18.8 Å². The van der Waals surface area contributed by atoms with E-state index >= 15 is 0 Å². The van der Waals surface area contributed by atoms with Gasteiger partial charge in [-0.25, -0.2) is 4.98 Å². The number of aryl methyl sites for hydroxylation is 1. The van der Waals surface area contributed by atoms with Gasteiger partial charge in [-0.15, -0.1) is 0 Å². The van der Waals surface area contributed by atoms with Crippen molar-refractivity contribution in [3.63, 3.8) is 0 Å². The van der Waals surface area contributed by atoms with Crippen molar-refractivity contribution in [2.75, 3.05) is 0 Å². The SMILES string of the molecule is Cc1ccc2nc(C(C)(C)C(C)(C)N)oc2c1. The molecule has 3 heteroatoms. The van der Waals surface area contributed by atoms with Gasteiger partial charge in [-0.2, -0.15) is 0 Å². The highest BCUT2D eigenvalue weighted by Gasteiger charge is 2.39. The first-order valence-electron chi connectivity index (χ1n) is 5.88. The lowest BCUT2D eigenvalue weighted by Crippen LogP contribution is -2.50. The lowest BCUT2D eigenvalue weighted by molar-refractivity contribution is 0.251. The van der Waals surface area contributed by atoms with Crippen molar-refractivity contribution < 1.29 is 4.42 Å². The van der Waals surface area contributed by atoms with Crippen LogP contribution in [0.15, 0.2) is 22.6 Å². The molecule has 0 fully saturated rings. The second-order valence-corrected chi connectivity index (χ2v) is 5.84. The van der Waals surface area contributed by atoms with Crippen LogP contribution in [-0.2, 0) is 5.41 Å². The van der Waals surface area contributed by atoms with Crippen LogP contribution < -0.4 is 5.73 Å². The third-order valence-electron chi connectivity index (χ3n) is 3.69. The Morgan fingerprint density at radius 1 is 1.18 bits per heavy atom. The Hall–Kier alpha value is -1.35. The second kappa shape index (κ2) is 3.57. The van der Waals surface area contributed by atoms with Gasteiger partial charge in [0.2, 0.25) is 5.89 Å². The van der Waals surface area contributed by atoms with Crippen molar-refractivity contribution in [2.45, 2.75) is 45.6 Å². The van der Waals surface area contributed by atoms with Gasteiger partial charge in [-0.3, -0.25) is 0 Å². The van der Waals surface area contributed by atoms with Gasteiger partial charge < -0.3 is 10.2 Å². The highest BCUT2D eigenvalue weighted by Crippen LogP contribution is 2.34. The Labute approximate surface area is 102 Å². The molecular weight excluding hydrogens is 212 g/mol. The van der Waals surface area contributed by atoms with Crippen LogP contribution in [0, 0.1) is 6.92 Å². The van der Waals surface area contributed by atoms with E-state index in [4.69, 9.17) is 10.2 Å². The van der Waals surface area contributed by atoms with E-state index in [0.717, 1.165) is 11.1 Å². The maximum atomic E-state index is 6.20. The summed E-state index contributed by atoms with van der Waals surface area (Å²) in [6.45, 7) is 10.1. The zero-order chi connectivity index (χ0) is 12.8. The first kappa shape index (κ1) is 12.1. The molecule has 0 saturated heterocycles. The van der Waals surface area contributed by atoms with Gasteiger partial charge in [0.1, 0.15) is 5.52 Å². The minimum absolute atomic E-state index is 0.306. The average molecular weight is 232 g/mol. The lowest BCUT2D eigenvalue weighted by atomic mass is 9.75. The van der Waals surface area contributed by atoms with Crippen molar-refractivity contribution in [2.24, 2.45) is 5.73 Å². The number of aromatic nitrogens is 1. The quantitative estimate of drug-likeness (QED) is 0.865. The Kier molecular flexibility index (Phi) is 2.54. The van der Waals surface area contributed by atoms with E-state index in [-0.39, 0.29) is 11.0 Å². The Morgan fingerprint density at radius 2 is 1.82 bits per heavy atom. The largest absolute Gasteiger partial charge is 0.440 e. The van der Waals surface area contributed by atoms with Crippen molar-refractivity contribution in [3.05, 3.63) is 29.7 Å². The van der Waals surface area contributed by atoms with Crippen LogP contribution in [0.4, 0.5) is 0 Å². The standard InChI is InChI=1S/C14H20N2O/c1-9-6-7-10-11(8-9)17-12(16-10)13(2,3)14(4,5)15/h6-8H,15H2,1-5H3. The van der Waals surface area contributed by atoms with Crippen LogP contribution in [0.5, 0.6) is 0 Å². The summed E-state index contributed by atoms with van der Waals surface area (Å²) in [5.74, 6) is 0.700. The summed E-state index contributed by atoms with van der Waals surface area (Å²) in [5.41, 5.74) is 8.40. The molecule has 0 spiro atoms.